The summed E-state index contributed by atoms with van der Waals surface area (Å²) in [6, 6.07) is 6.76. The Morgan fingerprint density at radius 1 is 1.19 bits per heavy atom. The molecule has 1 aliphatic carbocycles. The van der Waals surface area contributed by atoms with Gasteiger partial charge in [0, 0.05) is 24.8 Å². The summed E-state index contributed by atoms with van der Waals surface area (Å²) in [5.74, 6) is 1.70. The molecule has 4 heteroatoms. The summed E-state index contributed by atoms with van der Waals surface area (Å²) in [6.07, 6.45) is 4.78. The zero-order valence-electron chi connectivity index (χ0n) is 12.9. The van der Waals surface area contributed by atoms with Gasteiger partial charge < -0.3 is 20.1 Å². The Kier molecular flexibility index (Phi) is 4.66. The lowest BCUT2D eigenvalue weighted by molar-refractivity contribution is 0.00962. The van der Waals surface area contributed by atoms with Crippen LogP contribution in [-0.4, -0.2) is 32.5 Å². The van der Waals surface area contributed by atoms with Gasteiger partial charge in [-0.3, -0.25) is 0 Å². The van der Waals surface area contributed by atoms with Gasteiger partial charge in [0.1, 0.15) is 5.75 Å². The summed E-state index contributed by atoms with van der Waals surface area (Å²) in [6.45, 7) is 5.38. The highest BCUT2D eigenvalue weighted by Crippen LogP contribution is 2.29. The van der Waals surface area contributed by atoms with Crippen LogP contribution in [0.1, 0.15) is 31.2 Å². The fraction of sp³-hybridized carbons (Fsp3) is 0.647. The van der Waals surface area contributed by atoms with Gasteiger partial charge in [0.05, 0.1) is 6.61 Å². The van der Waals surface area contributed by atoms with Crippen LogP contribution in [0.15, 0.2) is 18.2 Å². The van der Waals surface area contributed by atoms with Crippen molar-refractivity contribution in [2.24, 2.45) is 11.7 Å². The van der Waals surface area contributed by atoms with Gasteiger partial charge in [-0.2, -0.15) is 0 Å². The number of piperidine rings is 1. The van der Waals surface area contributed by atoms with Crippen LogP contribution in [0.5, 0.6) is 5.75 Å². The first kappa shape index (κ1) is 14.7. The molecule has 3 rings (SSSR count). The summed E-state index contributed by atoms with van der Waals surface area (Å²) in [5.41, 5.74) is 8.40. The van der Waals surface area contributed by atoms with Gasteiger partial charge >= 0.3 is 0 Å². The highest BCUT2D eigenvalue weighted by molar-refractivity contribution is 5.53. The average molecular weight is 290 g/mol. The molecule has 4 nitrogen and oxygen atoms in total. The lowest BCUT2D eigenvalue weighted by Crippen LogP contribution is -2.39. The van der Waals surface area contributed by atoms with E-state index in [0.717, 1.165) is 49.8 Å². The highest BCUT2D eigenvalue weighted by Gasteiger charge is 2.21. The second kappa shape index (κ2) is 6.67. The molecular weight excluding hydrogens is 264 g/mol. The van der Waals surface area contributed by atoms with E-state index in [2.05, 4.69) is 30.0 Å². The third-order valence-corrected chi connectivity index (χ3v) is 4.41. The first-order valence-electron chi connectivity index (χ1n) is 8.04. The standard InChI is InChI=1S/C17H26N2O2/c1-13-10-16(19-8-6-15(18)7-9-19)4-5-17(13)21-12-20-11-14-2-3-14/h4-5,10,14-15H,2-3,6-9,11-12,18H2,1H3. The first-order chi connectivity index (χ1) is 10.2. The molecule has 1 heterocycles. The maximum atomic E-state index is 5.96. The summed E-state index contributed by atoms with van der Waals surface area (Å²) in [7, 11) is 0. The molecule has 21 heavy (non-hydrogen) atoms. The lowest BCUT2D eigenvalue weighted by atomic mass is 10.0. The largest absolute Gasteiger partial charge is 0.467 e. The minimum atomic E-state index is 0.356. The molecule has 0 spiro atoms. The van der Waals surface area contributed by atoms with Gasteiger partial charge in [-0.1, -0.05) is 0 Å². The molecule has 0 atom stereocenters. The number of ether oxygens (including phenoxy) is 2. The minimum absolute atomic E-state index is 0.356. The number of hydrogen-bond acceptors (Lipinski definition) is 4. The molecule has 0 unspecified atom stereocenters. The fourth-order valence-electron chi connectivity index (χ4n) is 2.75. The summed E-state index contributed by atoms with van der Waals surface area (Å²) in [4.78, 5) is 2.41. The number of nitrogens with two attached hydrogens (primary N) is 1. The number of hydrogen-bond donors (Lipinski definition) is 1. The van der Waals surface area contributed by atoms with Crippen molar-refractivity contribution in [1.29, 1.82) is 0 Å². The van der Waals surface area contributed by atoms with Crippen molar-refractivity contribution in [2.45, 2.75) is 38.6 Å². The van der Waals surface area contributed by atoms with Crippen molar-refractivity contribution in [3.05, 3.63) is 23.8 Å². The fourth-order valence-corrected chi connectivity index (χ4v) is 2.75. The molecule has 0 bridgehead atoms. The van der Waals surface area contributed by atoms with Gasteiger partial charge in [0.2, 0.25) is 0 Å². The highest BCUT2D eigenvalue weighted by atomic mass is 16.7. The van der Waals surface area contributed by atoms with Gasteiger partial charge in [-0.05, 0) is 62.3 Å². The van der Waals surface area contributed by atoms with Gasteiger partial charge in [0.15, 0.2) is 6.79 Å². The summed E-state index contributed by atoms with van der Waals surface area (Å²) in [5, 5.41) is 0. The van der Waals surface area contributed by atoms with Crippen LogP contribution >= 0.6 is 0 Å². The van der Waals surface area contributed by atoms with Crippen molar-refractivity contribution in [1.82, 2.24) is 0 Å². The van der Waals surface area contributed by atoms with Crippen molar-refractivity contribution in [2.75, 3.05) is 31.4 Å². The van der Waals surface area contributed by atoms with Crippen LogP contribution in [0.25, 0.3) is 0 Å². The molecule has 2 N–H and O–H groups in total. The Morgan fingerprint density at radius 3 is 2.62 bits per heavy atom. The Hall–Kier alpha value is -1.26. The average Bonchev–Trinajstić information content (AvgIpc) is 3.30. The maximum Gasteiger partial charge on any atom is 0.189 e. The van der Waals surface area contributed by atoms with Crippen molar-refractivity contribution in [3.8, 4) is 5.75 Å². The molecule has 116 valence electrons. The number of benzene rings is 1. The normalized spacial score (nSPS) is 19.8. The third-order valence-electron chi connectivity index (χ3n) is 4.41. The van der Waals surface area contributed by atoms with Gasteiger partial charge in [-0.25, -0.2) is 0 Å². The van der Waals surface area contributed by atoms with Crippen LogP contribution in [0.3, 0.4) is 0 Å². The van der Waals surface area contributed by atoms with Crippen LogP contribution in [0.2, 0.25) is 0 Å². The zero-order valence-corrected chi connectivity index (χ0v) is 12.9. The minimum Gasteiger partial charge on any atom is -0.467 e. The van der Waals surface area contributed by atoms with E-state index in [1.807, 2.05) is 0 Å². The Labute approximate surface area is 127 Å². The molecule has 1 saturated heterocycles. The van der Waals surface area contributed by atoms with Gasteiger partial charge in [-0.15, -0.1) is 0 Å². The topological polar surface area (TPSA) is 47.7 Å². The monoisotopic (exact) mass is 290 g/mol. The zero-order chi connectivity index (χ0) is 14.7. The number of aryl methyl sites for hydroxylation is 1. The van der Waals surface area contributed by atoms with Crippen LogP contribution < -0.4 is 15.4 Å². The van der Waals surface area contributed by atoms with E-state index in [1.165, 1.54) is 18.5 Å². The van der Waals surface area contributed by atoms with E-state index in [1.54, 1.807) is 0 Å². The SMILES string of the molecule is Cc1cc(N2CCC(N)CC2)ccc1OCOCC1CC1. The van der Waals surface area contributed by atoms with E-state index >= 15 is 0 Å². The van der Waals surface area contributed by atoms with E-state index in [9.17, 15) is 0 Å². The maximum absolute atomic E-state index is 5.96. The van der Waals surface area contributed by atoms with Crippen LogP contribution in [0.4, 0.5) is 5.69 Å². The Bertz CT molecular complexity index is 466. The van der Waals surface area contributed by atoms with Crippen molar-refractivity contribution in [3.63, 3.8) is 0 Å². The second-order valence-electron chi connectivity index (χ2n) is 6.35. The number of nitrogens with zero attached hydrogens (tertiary/aromatic N) is 1. The van der Waals surface area contributed by atoms with E-state index < -0.39 is 0 Å². The lowest BCUT2D eigenvalue weighted by Gasteiger charge is -2.32. The van der Waals surface area contributed by atoms with Crippen LogP contribution in [0, 0.1) is 12.8 Å². The molecule has 2 aliphatic rings. The van der Waals surface area contributed by atoms with Gasteiger partial charge in [0.25, 0.3) is 0 Å². The van der Waals surface area contributed by atoms with Crippen LogP contribution in [-0.2, 0) is 4.74 Å². The molecule has 1 aromatic carbocycles. The Morgan fingerprint density at radius 2 is 1.95 bits per heavy atom. The predicted molar refractivity (Wildman–Crippen MR) is 84.8 cm³/mol. The molecular formula is C17H26N2O2. The quantitative estimate of drug-likeness (QED) is 0.646. The molecule has 1 aromatic rings. The molecule has 0 amide bonds. The molecule has 1 aliphatic heterocycles. The summed E-state index contributed by atoms with van der Waals surface area (Å²) < 4.78 is 11.2. The number of rotatable bonds is 6. The smallest absolute Gasteiger partial charge is 0.189 e. The van der Waals surface area contributed by atoms with Crippen molar-refractivity contribution < 1.29 is 9.47 Å². The van der Waals surface area contributed by atoms with Crippen molar-refractivity contribution >= 4 is 5.69 Å². The first-order valence-corrected chi connectivity index (χ1v) is 8.04. The summed E-state index contributed by atoms with van der Waals surface area (Å²) >= 11 is 0. The second-order valence-corrected chi connectivity index (χ2v) is 6.35. The third kappa shape index (κ3) is 4.11. The number of anilines is 1. The predicted octanol–water partition coefficient (Wildman–Crippen LogP) is 2.69. The van der Waals surface area contributed by atoms with E-state index in [4.69, 9.17) is 15.2 Å². The molecule has 1 saturated carbocycles. The van der Waals surface area contributed by atoms with E-state index in [-0.39, 0.29) is 0 Å². The molecule has 0 aromatic heterocycles. The van der Waals surface area contributed by atoms with E-state index in [0.29, 0.717) is 12.8 Å². The molecule has 0 radical (unpaired) electrons. The Balaban J connectivity index is 1.51. The molecule has 2 fully saturated rings.